The number of ether oxygens (including phenoxy) is 2. The number of fused-ring (bicyclic) bond motifs is 2. The van der Waals surface area contributed by atoms with Gasteiger partial charge in [-0.2, -0.15) is 0 Å². The SMILES string of the molecule is CC(C)(C)OC(=O)CNC(=O)OC(C)(C)CC1CC2CCC(C1)N2Cc1ccccc1. The van der Waals surface area contributed by atoms with E-state index >= 15 is 0 Å². The number of amides is 1. The summed E-state index contributed by atoms with van der Waals surface area (Å²) in [7, 11) is 0. The molecule has 0 aromatic heterocycles. The molecule has 2 fully saturated rings. The largest absolute Gasteiger partial charge is 0.459 e. The molecule has 1 aromatic carbocycles. The average molecular weight is 431 g/mol. The number of carbonyl (C=O) groups excluding carboxylic acids is 2. The Bertz CT molecular complexity index is 743. The van der Waals surface area contributed by atoms with Gasteiger partial charge in [0, 0.05) is 18.6 Å². The highest BCUT2D eigenvalue weighted by molar-refractivity contribution is 5.78. The van der Waals surface area contributed by atoms with Crippen molar-refractivity contribution in [2.24, 2.45) is 5.92 Å². The Balaban J connectivity index is 1.45. The second-order valence-corrected chi connectivity index (χ2v) is 10.7. The molecule has 6 heteroatoms. The van der Waals surface area contributed by atoms with Gasteiger partial charge < -0.3 is 14.8 Å². The summed E-state index contributed by atoms with van der Waals surface area (Å²) in [5, 5.41) is 2.52. The number of nitrogens with zero attached hydrogens (tertiary/aromatic N) is 1. The molecule has 3 rings (SSSR count). The van der Waals surface area contributed by atoms with E-state index in [4.69, 9.17) is 9.47 Å². The monoisotopic (exact) mass is 430 g/mol. The molecule has 2 saturated heterocycles. The van der Waals surface area contributed by atoms with Crippen molar-refractivity contribution < 1.29 is 19.1 Å². The Morgan fingerprint density at radius 3 is 2.19 bits per heavy atom. The van der Waals surface area contributed by atoms with Gasteiger partial charge in [-0.1, -0.05) is 30.3 Å². The molecule has 2 bridgehead atoms. The number of rotatable bonds is 7. The van der Waals surface area contributed by atoms with Crippen molar-refractivity contribution in [1.29, 1.82) is 0 Å². The number of hydrogen-bond donors (Lipinski definition) is 1. The van der Waals surface area contributed by atoms with E-state index in [-0.39, 0.29) is 6.54 Å². The lowest BCUT2D eigenvalue weighted by Gasteiger charge is -2.41. The first-order valence-corrected chi connectivity index (χ1v) is 11.5. The van der Waals surface area contributed by atoms with Crippen LogP contribution in [0.15, 0.2) is 30.3 Å². The van der Waals surface area contributed by atoms with Gasteiger partial charge in [0.1, 0.15) is 17.7 Å². The lowest BCUT2D eigenvalue weighted by atomic mass is 9.82. The third-order valence-corrected chi connectivity index (χ3v) is 6.14. The molecule has 2 atom stereocenters. The van der Waals surface area contributed by atoms with Crippen LogP contribution in [0.4, 0.5) is 4.79 Å². The van der Waals surface area contributed by atoms with E-state index < -0.39 is 23.3 Å². The molecule has 6 nitrogen and oxygen atoms in total. The normalized spacial score (nSPS) is 24.0. The van der Waals surface area contributed by atoms with Crippen molar-refractivity contribution in [2.75, 3.05) is 6.54 Å². The van der Waals surface area contributed by atoms with Crippen LogP contribution >= 0.6 is 0 Å². The number of carbonyl (C=O) groups is 2. The highest BCUT2D eigenvalue weighted by Crippen LogP contribution is 2.42. The van der Waals surface area contributed by atoms with Gasteiger partial charge in [-0.05, 0) is 78.2 Å². The predicted molar refractivity (Wildman–Crippen MR) is 121 cm³/mol. The average Bonchev–Trinajstić information content (AvgIpc) is 2.88. The van der Waals surface area contributed by atoms with E-state index in [0.717, 1.165) is 25.8 Å². The smallest absolute Gasteiger partial charge is 0.408 e. The molecule has 2 aliphatic rings. The summed E-state index contributed by atoms with van der Waals surface area (Å²) in [5.41, 5.74) is 0.226. The fourth-order valence-corrected chi connectivity index (χ4v) is 5.15. The second-order valence-electron chi connectivity index (χ2n) is 10.7. The Morgan fingerprint density at radius 1 is 1.00 bits per heavy atom. The maximum atomic E-state index is 12.2. The van der Waals surface area contributed by atoms with Crippen LogP contribution in [-0.4, -0.2) is 46.8 Å². The Kier molecular flexibility index (Phi) is 7.30. The molecule has 0 radical (unpaired) electrons. The van der Waals surface area contributed by atoms with Crippen LogP contribution < -0.4 is 5.32 Å². The Labute approximate surface area is 186 Å². The van der Waals surface area contributed by atoms with Crippen molar-refractivity contribution in [3.8, 4) is 0 Å². The molecule has 2 aliphatic heterocycles. The van der Waals surface area contributed by atoms with E-state index in [0.29, 0.717) is 18.0 Å². The summed E-state index contributed by atoms with van der Waals surface area (Å²) in [6.07, 6.45) is 5.07. The fraction of sp³-hybridized carbons (Fsp3) is 0.680. The highest BCUT2D eigenvalue weighted by Gasteiger charge is 2.42. The van der Waals surface area contributed by atoms with Crippen LogP contribution in [0.25, 0.3) is 0 Å². The van der Waals surface area contributed by atoms with Gasteiger partial charge in [-0.25, -0.2) is 4.79 Å². The van der Waals surface area contributed by atoms with Gasteiger partial charge in [0.05, 0.1) is 0 Å². The minimum absolute atomic E-state index is 0.186. The number of alkyl carbamates (subject to hydrolysis) is 1. The maximum absolute atomic E-state index is 12.2. The number of hydrogen-bond acceptors (Lipinski definition) is 5. The third kappa shape index (κ3) is 7.23. The first-order valence-electron chi connectivity index (χ1n) is 11.5. The molecule has 1 amide bonds. The number of esters is 1. The zero-order chi connectivity index (χ0) is 22.6. The Morgan fingerprint density at radius 2 is 1.61 bits per heavy atom. The molecule has 31 heavy (non-hydrogen) atoms. The van der Waals surface area contributed by atoms with E-state index in [1.54, 1.807) is 20.8 Å². The highest BCUT2D eigenvalue weighted by atomic mass is 16.6. The van der Waals surface area contributed by atoms with Crippen LogP contribution in [0.5, 0.6) is 0 Å². The molecule has 2 heterocycles. The fourth-order valence-electron chi connectivity index (χ4n) is 5.15. The van der Waals surface area contributed by atoms with Crippen molar-refractivity contribution in [1.82, 2.24) is 10.2 Å². The van der Waals surface area contributed by atoms with Gasteiger partial charge in [0.2, 0.25) is 0 Å². The van der Waals surface area contributed by atoms with E-state index in [9.17, 15) is 9.59 Å². The zero-order valence-electron chi connectivity index (χ0n) is 19.6. The van der Waals surface area contributed by atoms with Crippen LogP contribution in [0.3, 0.4) is 0 Å². The first kappa shape index (κ1) is 23.6. The van der Waals surface area contributed by atoms with Crippen molar-refractivity contribution in [2.45, 2.75) is 96.6 Å². The van der Waals surface area contributed by atoms with Crippen LogP contribution in [-0.2, 0) is 20.8 Å². The van der Waals surface area contributed by atoms with Crippen LogP contribution in [0, 0.1) is 5.92 Å². The third-order valence-electron chi connectivity index (χ3n) is 6.14. The first-order chi connectivity index (χ1) is 14.5. The molecular weight excluding hydrogens is 392 g/mol. The van der Waals surface area contributed by atoms with E-state index in [2.05, 4.69) is 40.5 Å². The number of nitrogens with one attached hydrogen (secondary N) is 1. The summed E-state index contributed by atoms with van der Waals surface area (Å²) in [5.74, 6) is 0.0720. The lowest BCUT2D eigenvalue weighted by Crippen LogP contribution is -2.45. The van der Waals surface area contributed by atoms with Crippen molar-refractivity contribution >= 4 is 12.1 Å². The summed E-state index contributed by atoms with van der Waals surface area (Å²) >= 11 is 0. The minimum Gasteiger partial charge on any atom is -0.459 e. The van der Waals surface area contributed by atoms with Gasteiger partial charge in [-0.15, -0.1) is 0 Å². The maximum Gasteiger partial charge on any atom is 0.408 e. The summed E-state index contributed by atoms with van der Waals surface area (Å²) in [6, 6.07) is 11.9. The number of piperidine rings is 1. The second kappa shape index (κ2) is 9.60. The van der Waals surface area contributed by atoms with Crippen LogP contribution in [0.1, 0.15) is 72.3 Å². The molecule has 0 aliphatic carbocycles. The molecule has 1 N–H and O–H groups in total. The molecule has 1 aromatic rings. The topological polar surface area (TPSA) is 67.9 Å². The standard InChI is InChI=1S/C25H38N2O4/c1-24(2,3)30-22(28)16-26-23(29)31-25(4,5)15-19-13-20-11-12-21(14-19)27(20)17-18-9-7-6-8-10-18/h6-10,19-21H,11-17H2,1-5H3,(H,26,29). The van der Waals surface area contributed by atoms with Gasteiger partial charge in [0.15, 0.2) is 0 Å². The van der Waals surface area contributed by atoms with Crippen LogP contribution in [0.2, 0.25) is 0 Å². The predicted octanol–water partition coefficient (Wildman–Crippen LogP) is 4.67. The molecule has 0 saturated carbocycles. The zero-order valence-corrected chi connectivity index (χ0v) is 19.6. The Hall–Kier alpha value is -2.08. The van der Waals surface area contributed by atoms with E-state index in [1.165, 1.54) is 18.4 Å². The van der Waals surface area contributed by atoms with Gasteiger partial charge in [0.25, 0.3) is 0 Å². The summed E-state index contributed by atoms with van der Waals surface area (Å²) < 4.78 is 10.9. The summed E-state index contributed by atoms with van der Waals surface area (Å²) in [6.45, 7) is 10.1. The number of benzene rings is 1. The van der Waals surface area contributed by atoms with Crippen molar-refractivity contribution in [3.05, 3.63) is 35.9 Å². The van der Waals surface area contributed by atoms with E-state index in [1.807, 2.05) is 13.8 Å². The lowest BCUT2D eigenvalue weighted by molar-refractivity contribution is -0.153. The molecule has 0 spiro atoms. The molecular formula is C25H38N2O4. The van der Waals surface area contributed by atoms with Gasteiger partial charge in [-0.3, -0.25) is 9.69 Å². The molecule has 2 unspecified atom stereocenters. The molecule has 172 valence electrons. The van der Waals surface area contributed by atoms with Crippen molar-refractivity contribution in [3.63, 3.8) is 0 Å². The summed E-state index contributed by atoms with van der Waals surface area (Å²) in [4.78, 5) is 26.7. The quantitative estimate of drug-likeness (QED) is 0.637. The minimum atomic E-state index is -0.580. The van der Waals surface area contributed by atoms with Gasteiger partial charge >= 0.3 is 12.1 Å².